The summed E-state index contributed by atoms with van der Waals surface area (Å²) in [7, 11) is -3.59. The van der Waals surface area contributed by atoms with E-state index < -0.39 is 10.0 Å². The van der Waals surface area contributed by atoms with Crippen LogP contribution in [0, 0.1) is 13.8 Å². The fraction of sp³-hybridized carbons (Fsp3) is 0.350. The molecule has 5 heteroatoms. The molecule has 2 aromatic carbocycles. The minimum Gasteiger partial charge on any atom is -0.200 e. The number of sulfonamides is 1. The smallest absolute Gasteiger partial charge is 0.200 e. The van der Waals surface area contributed by atoms with Crippen LogP contribution in [0.3, 0.4) is 0 Å². The van der Waals surface area contributed by atoms with Crippen LogP contribution in [0.1, 0.15) is 48.3 Å². The van der Waals surface area contributed by atoms with Crippen LogP contribution in [0.2, 0.25) is 0 Å². The van der Waals surface area contributed by atoms with Gasteiger partial charge in [0.2, 0.25) is 0 Å². The molecule has 0 amide bonds. The Morgan fingerprint density at radius 3 is 2.24 bits per heavy atom. The van der Waals surface area contributed by atoms with Crippen molar-refractivity contribution in [2.75, 3.05) is 0 Å². The highest BCUT2D eigenvalue weighted by atomic mass is 32.2. The number of hydrogen-bond donors (Lipinski definition) is 1. The van der Waals surface area contributed by atoms with Gasteiger partial charge in [-0.2, -0.15) is 13.5 Å². The number of benzene rings is 2. The van der Waals surface area contributed by atoms with E-state index in [2.05, 4.69) is 41.1 Å². The summed E-state index contributed by atoms with van der Waals surface area (Å²) in [6, 6.07) is 15.3. The Morgan fingerprint density at radius 1 is 0.960 bits per heavy atom. The first kappa shape index (κ1) is 17.7. The Kier molecular flexibility index (Phi) is 5.23. The van der Waals surface area contributed by atoms with Gasteiger partial charge in [0.1, 0.15) is 0 Å². The van der Waals surface area contributed by atoms with Crippen molar-refractivity contribution in [1.29, 1.82) is 0 Å². The zero-order valence-corrected chi connectivity index (χ0v) is 15.5. The van der Waals surface area contributed by atoms with Crippen LogP contribution in [0.25, 0.3) is 0 Å². The number of hydrazone groups is 1. The molecule has 1 N–H and O–H groups in total. The summed E-state index contributed by atoms with van der Waals surface area (Å²) >= 11 is 0. The van der Waals surface area contributed by atoms with Crippen molar-refractivity contribution in [3.8, 4) is 0 Å². The van der Waals surface area contributed by atoms with Gasteiger partial charge >= 0.3 is 0 Å². The molecular formula is C20H24N2O2S. The van der Waals surface area contributed by atoms with Gasteiger partial charge in [-0.3, -0.25) is 0 Å². The van der Waals surface area contributed by atoms with Gasteiger partial charge in [-0.25, -0.2) is 4.83 Å². The van der Waals surface area contributed by atoms with E-state index in [9.17, 15) is 8.42 Å². The first-order valence-electron chi connectivity index (χ1n) is 8.65. The molecule has 3 rings (SSSR count). The number of nitrogens with zero attached hydrogens (tertiary/aromatic N) is 1. The number of hydrogen-bond acceptors (Lipinski definition) is 3. The minimum atomic E-state index is -3.59. The molecule has 0 unspecified atom stereocenters. The van der Waals surface area contributed by atoms with Gasteiger partial charge in [0.15, 0.2) is 0 Å². The molecule has 0 aromatic heterocycles. The maximum absolute atomic E-state index is 12.3. The maximum Gasteiger partial charge on any atom is 0.276 e. The molecule has 1 aliphatic carbocycles. The van der Waals surface area contributed by atoms with E-state index in [0.717, 1.165) is 37.0 Å². The Hall–Kier alpha value is -2.14. The molecule has 1 saturated carbocycles. The van der Waals surface area contributed by atoms with Crippen molar-refractivity contribution in [2.24, 2.45) is 5.10 Å². The molecule has 0 bridgehead atoms. The summed E-state index contributed by atoms with van der Waals surface area (Å²) < 4.78 is 24.6. The van der Waals surface area contributed by atoms with Gasteiger partial charge in [-0.05, 0) is 68.7 Å². The van der Waals surface area contributed by atoms with E-state index in [-0.39, 0.29) is 4.90 Å². The Bertz CT molecular complexity index is 861. The Labute approximate surface area is 150 Å². The summed E-state index contributed by atoms with van der Waals surface area (Å²) in [5.41, 5.74) is 4.69. The van der Waals surface area contributed by atoms with Crippen molar-refractivity contribution < 1.29 is 8.42 Å². The lowest BCUT2D eigenvalue weighted by atomic mass is 9.81. The van der Waals surface area contributed by atoms with Gasteiger partial charge in [-0.15, -0.1) is 0 Å². The summed E-state index contributed by atoms with van der Waals surface area (Å²) in [5.74, 6) is 0.536. The summed E-state index contributed by atoms with van der Waals surface area (Å²) in [6.07, 6.45) is 3.68. The van der Waals surface area contributed by atoms with Crippen molar-refractivity contribution in [3.63, 3.8) is 0 Å². The van der Waals surface area contributed by atoms with E-state index >= 15 is 0 Å². The lowest BCUT2D eigenvalue weighted by Crippen LogP contribution is -2.22. The number of aryl methyl sites for hydroxylation is 2. The van der Waals surface area contributed by atoms with Crippen molar-refractivity contribution in [2.45, 2.75) is 50.3 Å². The highest BCUT2D eigenvalue weighted by Crippen LogP contribution is 2.33. The van der Waals surface area contributed by atoms with Crippen LogP contribution in [0.5, 0.6) is 0 Å². The van der Waals surface area contributed by atoms with Crippen LogP contribution in [-0.4, -0.2) is 14.1 Å². The van der Waals surface area contributed by atoms with Crippen molar-refractivity contribution in [1.82, 2.24) is 4.83 Å². The summed E-state index contributed by atoms with van der Waals surface area (Å²) in [4.78, 5) is 2.64. The number of rotatable bonds is 4. The normalized spacial score (nSPS) is 18.0. The zero-order chi connectivity index (χ0) is 17.9. The molecule has 1 aliphatic rings. The molecule has 0 spiro atoms. The molecule has 0 radical (unpaired) electrons. The Balaban J connectivity index is 1.63. The molecule has 0 atom stereocenters. The van der Waals surface area contributed by atoms with Crippen LogP contribution in [0.4, 0.5) is 0 Å². The molecule has 1 fully saturated rings. The first-order chi connectivity index (χ1) is 12.0. The average Bonchev–Trinajstić information content (AvgIpc) is 2.61. The third kappa shape index (κ3) is 4.28. The quantitative estimate of drug-likeness (QED) is 0.831. The lowest BCUT2D eigenvalue weighted by Gasteiger charge is -2.24. The fourth-order valence-corrected chi connectivity index (χ4v) is 4.16. The standard InChI is InChI=1S/C20H24N2O2S/c1-15-7-13-19(14-8-15)25(23,24)22-21-18-11-9-17(10-12-18)20-6-4-3-5-16(20)2/h3-8,13-14,17,22H,9-12H2,1-2H3. The lowest BCUT2D eigenvalue weighted by molar-refractivity contribution is 0.558. The van der Waals surface area contributed by atoms with E-state index in [1.807, 2.05) is 6.92 Å². The zero-order valence-electron chi connectivity index (χ0n) is 14.7. The van der Waals surface area contributed by atoms with Gasteiger partial charge in [0.05, 0.1) is 4.90 Å². The second-order valence-electron chi connectivity index (χ2n) is 6.72. The fourth-order valence-electron chi connectivity index (χ4n) is 3.31. The second kappa shape index (κ2) is 7.40. The van der Waals surface area contributed by atoms with Crippen LogP contribution in [0.15, 0.2) is 58.5 Å². The monoisotopic (exact) mass is 356 g/mol. The van der Waals surface area contributed by atoms with Gasteiger partial charge in [0.25, 0.3) is 10.0 Å². The molecular weight excluding hydrogens is 332 g/mol. The minimum absolute atomic E-state index is 0.246. The summed E-state index contributed by atoms with van der Waals surface area (Å²) in [6.45, 7) is 4.07. The molecule has 2 aromatic rings. The van der Waals surface area contributed by atoms with E-state index in [1.54, 1.807) is 24.3 Å². The molecule has 0 aliphatic heterocycles. The second-order valence-corrected chi connectivity index (χ2v) is 8.38. The highest BCUT2D eigenvalue weighted by molar-refractivity contribution is 7.89. The van der Waals surface area contributed by atoms with Gasteiger partial charge in [-0.1, -0.05) is 42.0 Å². The molecule has 4 nitrogen and oxygen atoms in total. The van der Waals surface area contributed by atoms with Crippen molar-refractivity contribution >= 4 is 15.7 Å². The van der Waals surface area contributed by atoms with Crippen molar-refractivity contribution in [3.05, 3.63) is 65.2 Å². The SMILES string of the molecule is Cc1ccc(S(=O)(=O)NN=C2CCC(c3ccccc3C)CC2)cc1. The number of nitrogens with one attached hydrogen (secondary N) is 1. The van der Waals surface area contributed by atoms with E-state index in [1.165, 1.54) is 11.1 Å². The predicted molar refractivity (Wildman–Crippen MR) is 101 cm³/mol. The highest BCUT2D eigenvalue weighted by Gasteiger charge is 2.21. The van der Waals surface area contributed by atoms with Gasteiger partial charge < -0.3 is 0 Å². The molecule has 0 heterocycles. The van der Waals surface area contributed by atoms with Crippen LogP contribution < -0.4 is 4.83 Å². The van der Waals surface area contributed by atoms with Gasteiger partial charge in [0, 0.05) is 5.71 Å². The predicted octanol–water partition coefficient (Wildman–Crippen LogP) is 4.30. The third-order valence-electron chi connectivity index (χ3n) is 4.85. The molecule has 25 heavy (non-hydrogen) atoms. The molecule has 0 saturated heterocycles. The third-order valence-corrected chi connectivity index (χ3v) is 6.07. The topological polar surface area (TPSA) is 58.5 Å². The van der Waals surface area contributed by atoms with E-state index in [4.69, 9.17) is 0 Å². The first-order valence-corrected chi connectivity index (χ1v) is 10.1. The van der Waals surface area contributed by atoms with Crippen LogP contribution in [-0.2, 0) is 10.0 Å². The maximum atomic E-state index is 12.3. The Morgan fingerprint density at radius 2 is 1.60 bits per heavy atom. The largest absolute Gasteiger partial charge is 0.276 e. The average molecular weight is 356 g/mol. The van der Waals surface area contributed by atoms with Crippen LogP contribution >= 0.6 is 0 Å². The molecule has 132 valence electrons. The summed E-state index contributed by atoms with van der Waals surface area (Å²) in [5, 5.41) is 4.18. The van der Waals surface area contributed by atoms with E-state index in [0.29, 0.717) is 5.92 Å².